The molecule has 21 heavy (non-hydrogen) atoms. The summed E-state index contributed by atoms with van der Waals surface area (Å²) in [5.74, 6) is -1.54. The minimum Gasteiger partial charge on any atom is -0.478 e. The topological polar surface area (TPSA) is 66.0 Å². The molecule has 0 saturated heterocycles. The zero-order chi connectivity index (χ0) is 15.0. The quantitative estimate of drug-likeness (QED) is 0.722. The average Bonchev–Trinajstić information content (AvgIpc) is 2.94. The molecule has 6 heteroatoms. The zero-order valence-corrected chi connectivity index (χ0v) is 11.9. The minimum absolute atomic E-state index is 0.0553. The second-order valence-corrected chi connectivity index (χ2v) is 5.35. The molecule has 4 nitrogen and oxygen atoms in total. The van der Waals surface area contributed by atoms with E-state index in [0.29, 0.717) is 16.5 Å². The molecule has 106 valence electrons. The molecule has 0 radical (unpaired) electrons. The maximum absolute atomic E-state index is 14.4. The Morgan fingerprint density at radius 2 is 2.14 bits per heavy atom. The number of carboxylic acids is 1. The van der Waals surface area contributed by atoms with Crippen molar-refractivity contribution in [3.63, 3.8) is 0 Å². The fraction of sp³-hybridized carbons (Fsp3) is 0.0667. The highest BCUT2D eigenvalue weighted by Gasteiger charge is 2.19. The van der Waals surface area contributed by atoms with Gasteiger partial charge in [-0.15, -0.1) is 11.8 Å². The first-order chi connectivity index (χ1) is 10.1. The van der Waals surface area contributed by atoms with Gasteiger partial charge in [0.1, 0.15) is 5.82 Å². The molecule has 0 atom stereocenters. The standard InChI is InChI=1S/C15H11FN2O2S/c1-21-8-2-3-9(12(16)6-8)14-10(15(19)20)4-5-13-11(14)7-17-18-13/h2-7H,1H3,(H,17,18)(H,19,20). The summed E-state index contributed by atoms with van der Waals surface area (Å²) in [7, 11) is 0. The van der Waals surface area contributed by atoms with E-state index in [-0.39, 0.29) is 11.1 Å². The first kappa shape index (κ1) is 13.6. The summed E-state index contributed by atoms with van der Waals surface area (Å²) in [5.41, 5.74) is 1.33. The minimum atomic E-state index is -1.10. The van der Waals surface area contributed by atoms with Crippen LogP contribution in [0.2, 0.25) is 0 Å². The van der Waals surface area contributed by atoms with Gasteiger partial charge in [-0.2, -0.15) is 5.10 Å². The number of nitrogens with one attached hydrogen (secondary N) is 1. The van der Waals surface area contributed by atoms with Crippen molar-refractivity contribution in [3.8, 4) is 11.1 Å². The van der Waals surface area contributed by atoms with E-state index in [2.05, 4.69) is 10.2 Å². The third-order valence-corrected chi connectivity index (χ3v) is 4.03. The predicted molar refractivity (Wildman–Crippen MR) is 80.2 cm³/mol. The van der Waals surface area contributed by atoms with Gasteiger partial charge in [-0.1, -0.05) is 6.07 Å². The van der Waals surface area contributed by atoms with Crippen molar-refractivity contribution in [3.05, 3.63) is 47.9 Å². The van der Waals surface area contributed by atoms with Gasteiger partial charge in [0.15, 0.2) is 0 Å². The van der Waals surface area contributed by atoms with Gasteiger partial charge in [-0.25, -0.2) is 9.18 Å². The lowest BCUT2D eigenvalue weighted by molar-refractivity contribution is 0.0698. The van der Waals surface area contributed by atoms with Gasteiger partial charge in [-0.3, -0.25) is 5.10 Å². The summed E-state index contributed by atoms with van der Waals surface area (Å²) >= 11 is 1.43. The van der Waals surface area contributed by atoms with Gasteiger partial charge in [0, 0.05) is 21.4 Å². The number of rotatable bonds is 3. The maximum Gasteiger partial charge on any atom is 0.336 e. The number of carboxylic acid groups (broad SMARTS) is 1. The molecule has 1 aromatic heterocycles. The number of aromatic carboxylic acids is 1. The summed E-state index contributed by atoms with van der Waals surface area (Å²) in [4.78, 5) is 12.2. The molecule has 3 rings (SSSR count). The normalized spacial score (nSPS) is 11.0. The van der Waals surface area contributed by atoms with Crippen molar-refractivity contribution in [2.24, 2.45) is 0 Å². The number of thioether (sulfide) groups is 1. The molecule has 0 spiro atoms. The van der Waals surface area contributed by atoms with E-state index in [9.17, 15) is 14.3 Å². The Balaban J connectivity index is 2.34. The summed E-state index contributed by atoms with van der Waals surface area (Å²) in [6.07, 6.45) is 3.37. The van der Waals surface area contributed by atoms with Crippen molar-refractivity contribution in [1.82, 2.24) is 10.2 Å². The number of H-pyrrole nitrogens is 1. The van der Waals surface area contributed by atoms with Gasteiger partial charge < -0.3 is 5.11 Å². The number of nitrogens with zero attached hydrogens (tertiary/aromatic N) is 1. The van der Waals surface area contributed by atoms with Gasteiger partial charge in [0.2, 0.25) is 0 Å². The number of halogens is 1. The van der Waals surface area contributed by atoms with Crippen molar-refractivity contribution < 1.29 is 14.3 Å². The Morgan fingerprint density at radius 3 is 2.81 bits per heavy atom. The van der Waals surface area contributed by atoms with Crippen LogP contribution in [0.1, 0.15) is 10.4 Å². The lowest BCUT2D eigenvalue weighted by Gasteiger charge is -2.10. The van der Waals surface area contributed by atoms with Gasteiger partial charge in [0.05, 0.1) is 17.3 Å². The van der Waals surface area contributed by atoms with Crippen LogP contribution < -0.4 is 0 Å². The van der Waals surface area contributed by atoms with E-state index in [4.69, 9.17) is 0 Å². The van der Waals surface area contributed by atoms with Crippen LogP contribution in [0.3, 0.4) is 0 Å². The van der Waals surface area contributed by atoms with E-state index < -0.39 is 11.8 Å². The van der Waals surface area contributed by atoms with Crippen LogP contribution in [-0.2, 0) is 0 Å². The van der Waals surface area contributed by atoms with Gasteiger partial charge in [-0.05, 0) is 30.5 Å². The molecule has 0 amide bonds. The molecule has 0 saturated carbocycles. The van der Waals surface area contributed by atoms with Crippen LogP contribution in [0.25, 0.3) is 22.0 Å². The highest BCUT2D eigenvalue weighted by atomic mass is 32.2. The maximum atomic E-state index is 14.4. The third-order valence-electron chi connectivity index (χ3n) is 3.30. The highest BCUT2D eigenvalue weighted by Crippen LogP contribution is 2.34. The first-order valence-corrected chi connectivity index (χ1v) is 7.37. The lowest BCUT2D eigenvalue weighted by Crippen LogP contribution is -2.01. The monoisotopic (exact) mass is 302 g/mol. The molecular weight excluding hydrogens is 291 g/mol. The lowest BCUT2D eigenvalue weighted by atomic mass is 9.96. The van der Waals surface area contributed by atoms with E-state index in [1.54, 1.807) is 18.2 Å². The van der Waals surface area contributed by atoms with E-state index >= 15 is 0 Å². The molecule has 0 aliphatic heterocycles. The fourth-order valence-corrected chi connectivity index (χ4v) is 2.74. The van der Waals surface area contributed by atoms with Crippen LogP contribution >= 0.6 is 11.8 Å². The molecule has 2 aromatic carbocycles. The summed E-state index contributed by atoms with van der Waals surface area (Å²) in [5, 5.41) is 16.6. The smallest absolute Gasteiger partial charge is 0.336 e. The van der Waals surface area contributed by atoms with Crippen molar-refractivity contribution in [2.45, 2.75) is 4.90 Å². The van der Waals surface area contributed by atoms with Crippen LogP contribution in [0, 0.1) is 5.82 Å². The molecule has 0 fully saturated rings. The largest absolute Gasteiger partial charge is 0.478 e. The molecule has 1 heterocycles. The van der Waals surface area contributed by atoms with E-state index in [0.717, 1.165) is 4.90 Å². The van der Waals surface area contributed by atoms with Crippen molar-refractivity contribution in [2.75, 3.05) is 6.26 Å². The van der Waals surface area contributed by atoms with E-state index in [1.165, 1.54) is 30.1 Å². The molecule has 0 aliphatic carbocycles. The van der Waals surface area contributed by atoms with Gasteiger partial charge >= 0.3 is 5.97 Å². The second kappa shape index (κ2) is 5.21. The second-order valence-electron chi connectivity index (χ2n) is 4.47. The Hall–Kier alpha value is -2.34. The number of hydrogen-bond donors (Lipinski definition) is 2. The van der Waals surface area contributed by atoms with Crippen molar-refractivity contribution in [1.29, 1.82) is 0 Å². The number of benzene rings is 2. The number of carbonyl (C=O) groups is 1. The summed E-state index contributed by atoms with van der Waals surface area (Å²) in [6.45, 7) is 0. The Labute approximate surface area is 124 Å². The number of aromatic nitrogens is 2. The molecule has 2 N–H and O–H groups in total. The Morgan fingerprint density at radius 1 is 1.33 bits per heavy atom. The summed E-state index contributed by atoms with van der Waals surface area (Å²) in [6, 6.07) is 7.87. The van der Waals surface area contributed by atoms with E-state index in [1.807, 2.05) is 6.26 Å². The number of hydrogen-bond acceptors (Lipinski definition) is 3. The van der Waals surface area contributed by atoms with Crippen LogP contribution in [0.5, 0.6) is 0 Å². The SMILES string of the molecule is CSc1ccc(-c2c(C(=O)O)ccc3[nH]ncc23)c(F)c1. The Bertz CT molecular complexity index is 845. The molecule has 0 unspecified atom stereocenters. The average molecular weight is 302 g/mol. The number of fused-ring (bicyclic) bond motifs is 1. The zero-order valence-electron chi connectivity index (χ0n) is 11.1. The Kier molecular flexibility index (Phi) is 3.39. The first-order valence-electron chi connectivity index (χ1n) is 6.15. The summed E-state index contributed by atoms with van der Waals surface area (Å²) < 4.78 is 14.4. The molecule has 3 aromatic rings. The molecule has 0 aliphatic rings. The highest BCUT2D eigenvalue weighted by molar-refractivity contribution is 7.98. The molecule has 0 bridgehead atoms. The third kappa shape index (κ3) is 2.27. The van der Waals surface area contributed by atoms with Gasteiger partial charge in [0.25, 0.3) is 0 Å². The fourth-order valence-electron chi connectivity index (χ4n) is 2.31. The van der Waals surface area contributed by atoms with Crippen LogP contribution in [-0.4, -0.2) is 27.5 Å². The van der Waals surface area contributed by atoms with Crippen molar-refractivity contribution >= 4 is 28.6 Å². The molecular formula is C15H11FN2O2S. The van der Waals surface area contributed by atoms with Crippen LogP contribution in [0.4, 0.5) is 4.39 Å². The van der Waals surface area contributed by atoms with Crippen LogP contribution in [0.15, 0.2) is 41.4 Å². The predicted octanol–water partition coefficient (Wildman–Crippen LogP) is 3.79. The number of aromatic amines is 1.